The summed E-state index contributed by atoms with van der Waals surface area (Å²) in [4.78, 5) is 0. The summed E-state index contributed by atoms with van der Waals surface area (Å²) < 4.78 is 0. The van der Waals surface area contributed by atoms with Gasteiger partial charge in [0.25, 0.3) is 0 Å². The average molecular weight is 279 g/mol. The SMILES string of the molecule is Cc1ccc(-c2ccccc2)c(-c2ccccc2)c1Cl. The molecule has 0 aliphatic rings. The highest BCUT2D eigenvalue weighted by Gasteiger charge is 2.12. The molecular formula is C19H15Cl. The first-order chi connectivity index (χ1) is 9.77. The van der Waals surface area contributed by atoms with Crippen LogP contribution in [0, 0.1) is 6.92 Å². The Kier molecular flexibility index (Phi) is 3.58. The number of hydrogen-bond acceptors (Lipinski definition) is 0. The summed E-state index contributed by atoms with van der Waals surface area (Å²) in [6, 6.07) is 24.9. The monoisotopic (exact) mass is 278 g/mol. The Morgan fingerprint density at radius 1 is 0.650 bits per heavy atom. The Bertz CT molecular complexity index is 716. The maximum absolute atomic E-state index is 6.58. The summed E-state index contributed by atoms with van der Waals surface area (Å²) in [5.74, 6) is 0. The lowest BCUT2D eigenvalue weighted by atomic mass is 9.93. The average Bonchev–Trinajstić information content (AvgIpc) is 2.51. The zero-order chi connectivity index (χ0) is 13.9. The number of halogens is 1. The lowest BCUT2D eigenvalue weighted by Gasteiger charge is -2.14. The summed E-state index contributed by atoms with van der Waals surface area (Å²) in [6.07, 6.45) is 0. The van der Waals surface area contributed by atoms with Crippen molar-refractivity contribution in [2.24, 2.45) is 0 Å². The summed E-state index contributed by atoms with van der Waals surface area (Å²) in [6.45, 7) is 2.05. The molecule has 3 rings (SSSR count). The van der Waals surface area contributed by atoms with E-state index >= 15 is 0 Å². The third-order valence-electron chi connectivity index (χ3n) is 3.48. The first kappa shape index (κ1) is 13.0. The van der Waals surface area contributed by atoms with Crippen LogP contribution in [0.25, 0.3) is 22.3 Å². The molecule has 0 saturated carbocycles. The minimum atomic E-state index is 0.831. The number of rotatable bonds is 2. The highest BCUT2D eigenvalue weighted by molar-refractivity contribution is 6.34. The van der Waals surface area contributed by atoms with Gasteiger partial charge in [-0.15, -0.1) is 0 Å². The topological polar surface area (TPSA) is 0 Å². The van der Waals surface area contributed by atoms with E-state index in [0.29, 0.717) is 0 Å². The smallest absolute Gasteiger partial charge is 0.0519 e. The van der Waals surface area contributed by atoms with Crippen molar-refractivity contribution in [3.63, 3.8) is 0 Å². The van der Waals surface area contributed by atoms with E-state index in [1.165, 1.54) is 11.1 Å². The second-order valence-electron chi connectivity index (χ2n) is 4.85. The Balaban J connectivity index is 2.29. The summed E-state index contributed by atoms with van der Waals surface area (Å²) >= 11 is 6.58. The van der Waals surface area contributed by atoms with Gasteiger partial charge >= 0.3 is 0 Å². The van der Waals surface area contributed by atoms with Crippen LogP contribution < -0.4 is 0 Å². The van der Waals surface area contributed by atoms with E-state index in [4.69, 9.17) is 11.6 Å². The second-order valence-corrected chi connectivity index (χ2v) is 5.23. The molecule has 0 bridgehead atoms. The fourth-order valence-electron chi connectivity index (χ4n) is 2.43. The normalized spacial score (nSPS) is 10.5. The maximum atomic E-state index is 6.58. The molecule has 3 aromatic rings. The number of hydrogen-bond donors (Lipinski definition) is 0. The molecule has 0 spiro atoms. The van der Waals surface area contributed by atoms with Gasteiger partial charge in [-0.05, 0) is 29.2 Å². The first-order valence-electron chi connectivity index (χ1n) is 6.67. The van der Waals surface area contributed by atoms with E-state index in [0.717, 1.165) is 21.7 Å². The minimum absolute atomic E-state index is 0.831. The molecule has 0 atom stereocenters. The molecule has 0 N–H and O–H groups in total. The van der Waals surface area contributed by atoms with Gasteiger partial charge in [0, 0.05) is 5.56 Å². The minimum Gasteiger partial charge on any atom is -0.0833 e. The largest absolute Gasteiger partial charge is 0.0833 e. The number of aryl methyl sites for hydroxylation is 1. The van der Waals surface area contributed by atoms with Gasteiger partial charge in [-0.2, -0.15) is 0 Å². The molecule has 20 heavy (non-hydrogen) atoms. The molecule has 0 heterocycles. The predicted molar refractivity (Wildman–Crippen MR) is 87.1 cm³/mol. The van der Waals surface area contributed by atoms with Gasteiger partial charge in [0.1, 0.15) is 0 Å². The zero-order valence-corrected chi connectivity index (χ0v) is 12.1. The molecule has 0 nitrogen and oxygen atoms in total. The standard InChI is InChI=1S/C19H15Cl/c1-14-12-13-17(15-8-4-2-5-9-15)18(19(14)20)16-10-6-3-7-11-16/h2-13H,1H3. The maximum Gasteiger partial charge on any atom is 0.0519 e. The molecule has 0 amide bonds. The highest BCUT2D eigenvalue weighted by Crippen LogP contribution is 2.39. The third-order valence-corrected chi connectivity index (χ3v) is 3.97. The van der Waals surface area contributed by atoms with Gasteiger partial charge in [0.2, 0.25) is 0 Å². The number of benzene rings is 3. The van der Waals surface area contributed by atoms with E-state index in [1.54, 1.807) is 0 Å². The molecule has 0 aromatic heterocycles. The van der Waals surface area contributed by atoms with Crippen molar-refractivity contribution in [2.45, 2.75) is 6.92 Å². The molecule has 0 radical (unpaired) electrons. The summed E-state index contributed by atoms with van der Waals surface area (Å²) in [7, 11) is 0. The van der Waals surface area contributed by atoms with E-state index < -0.39 is 0 Å². The van der Waals surface area contributed by atoms with Crippen LogP contribution in [0.4, 0.5) is 0 Å². The highest BCUT2D eigenvalue weighted by atomic mass is 35.5. The Morgan fingerprint density at radius 2 is 1.20 bits per heavy atom. The van der Waals surface area contributed by atoms with Crippen LogP contribution in [-0.2, 0) is 0 Å². The van der Waals surface area contributed by atoms with Crippen LogP contribution in [0.15, 0.2) is 72.8 Å². The predicted octanol–water partition coefficient (Wildman–Crippen LogP) is 5.98. The van der Waals surface area contributed by atoms with Crippen molar-refractivity contribution in [3.05, 3.63) is 83.4 Å². The van der Waals surface area contributed by atoms with E-state index in [1.807, 2.05) is 31.2 Å². The Labute approximate surface area is 124 Å². The van der Waals surface area contributed by atoms with Gasteiger partial charge in [0.05, 0.1) is 5.02 Å². The fourth-order valence-corrected chi connectivity index (χ4v) is 2.70. The van der Waals surface area contributed by atoms with Crippen LogP contribution >= 0.6 is 11.6 Å². The lowest BCUT2D eigenvalue weighted by molar-refractivity contribution is 1.46. The van der Waals surface area contributed by atoms with Gasteiger partial charge in [-0.1, -0.05) is 84.4 Å². The van der Waals surface area contributed by atoms with Crippen LogP contribution in [0.3, 0.4) is 0 Å². The Hall–Kier alpha value is -2.05. The molecule has 0 aliphatic heterocycles. The molecule has 0 saturated heterocycles. The van der Waals surface area contributed by atoms with Crippen LogP contribution in [-0.4, -0.2) is 0 Å². The molecule has 1 heteroatoms. The van der Waals surface area contributed by atoms with Crippen molar-refractivity contribution in [1.29, 1.82) is 0 Å². The quantitative estimate of drug-likeness (QED) is 0.541. The van der Waals surface area contributed by atoms with Crippen molar-refractivity contribution in [1.82, 2.24) is 0 Å². The van der Waals surface area contributed by atoms with Crippen LogP contribution in [0.2, 0.25) is 5.02 Å². The van der Waals surface area contributed by atoms with E-state index in [2.05, 4.69) is 48.5 Å². The molecule has 98 valence electrons. The third kappa shape index (κ3) is 2.35. The second kappa shape index (κ2) is 5.52. The molecule has 3 aromatic carbocycles. The summed E-state index contributed by atoms with van der Waals surface area (Å²) in [5, 5.41) is 0.831. The van der Waals surface area contributed by atoms with Gasteiger partial charge < -0.3 is 0 Å². The Morgan fingerprint density at radius 3 is 1.80 bits per heavy atom. The molecular weight excluding hydrogens is 264 g/mol. The summed E-state index contributed by atoms with van der Waals surface area (Å²) in [5.41, 5.74) is 5.73. The van der Waals surface area contributed by atoms with Crippen LogP contribution in [0.1, 0.15) is 5.56 Å². The first-order valence-corrected chi connectivity index (χ1v) is 7.05. The van der Waals surface area contributed by atoms with E-state index in [-0.39, 0.29) is 0 Å². The van der Waals surface area contributed by atoms with Gasteiger partial charge in [0.15, 0.2) is 0 Å². The van der Waals surface area contributed by atoms with E-state index in [9.17, 15) is 0 Å². The molecule has 0 fully saturated rings. The molecule has 0 unspecified atom stereocenters. The van der Waals surface area contributed by atoms with Gasteiger partial charge in [-0.3, -0.25) is 0 Å². The van der Waals surface area contributed by atoms with Gasteiger partial charge in [-0.25, -0.2) is 0 Å². The molecule has 0 aliphatic carbocycles. The van der Waals surface area contributed by atoms with Crippen LogP contribution in [0.5, 0.6) is 0 Å². The van der Waals surface area contributed by atoms with Crippen molar-refractivity contribution >= 4 is 11.6 Å². The lowest BCUT2D eigenvalue weighted by Crippen LogP contribution is -1.89. The zero-order valence-electron chi connectivity index (χ0n) is 11.3. The fraction of sp³-hybridized carbons (Fsp3) is 0.0526. The van der Waals surface area contributed by atoms with Crippen molar-refractivity contribution < 1.29 is 0 Å². The van der Waals surface area contributed by atoms with Crippen molar-refractivity contribution in [2.75, 3.05) is 0 Å². The van der Waals surface area contributed by atoms with Crippen molar-refractivity contribution in [3.8, 4) is 22.3 Å².